The lowest BCUT2D eigenvalue weighted by atomic mass is 9.99. The summed E-state index contributed by atoms with van der Waals surface area (Å²) in [6.07, 6.45) is 1.96. The summed E-state index contributed by atoms with van der Waals surface area (Å²) in [5.74, 6) is -0.291. The minimum atomic E-state index is -3.54. The average molecular weight is 427 g/mol. The third kappa shape index (κ3) is 5.23. The number of hydrogen-bond acceptors (Lipinski definition) is 3. The van der Waals surface area contributed by atoms with E-state index in [1.165, 1.54) is 4.31 Å². The largest absolute Gasteiger partial charge is 0.350 e. The molecule has 1 N–H and O–H groups in total. The van der Waals surface area contributed by atoms with Crippen LogP contribution in [-0.4, -0.2) is 43.5 Å². The van der Waals surface area contributed by atoms with Crippen LogP contribution in [0.15, 0.2) is 48.5 Å². The monoisotopic (exact) mass is 426 g/mol. The molecule has 0 aliphatic carbocycles. The SMILES string of the molecule is CS(=O)(=O)N1CC(Cc2ccc(Cl)cc2)NC(=O)[C@@H]1Cc1ccc(Cl)cc1. The second-order valence-electron chi connectivity index (χ2n) is 6.72. The topological polar surface area (TPSA) is 66.5 Å². The summed E-state index contributed by atoms with van der Waals surface area (Å²) in [5, 5.41) is 4.18. The standard InChI is InChI=1S/C19H20Cl2N2O3S/c1-27(25,26)23-12-17(10-13-2-6-15(20)7-3-13)22-19(24)18(23)11-14-4-8-16(21)9-5-14/h2-9,17-18H,10-12H2,1H3,(H,22,24)/t17?,18-/m0/s1. The van der Waals surface area contributed by atoms with Crippen molar-refractivity contribution in [3.63, 3.8) is 0 Å². The zero-order valence-corrected chi connectivity index (χ0v) is 17.1. The molecule has 1 unspecified atom stereocenters. The molecular weight excluding hydrogens is 407 g/mol. The van der Waals surface area contributed by atoms with Gasteiger partial charge >= 0.3 is 0 Å². The van der Waals surface area contributed by atoms with Gasteiger partial charge in [-0.2, -0.15) is 4.31 Å². The maximum absolute atomic E-state index is 12.7. The van der Waals surface area contributed by atoms with Gasteiger partial charge in [-0.3, -0.25) is 4.79 Å². The highest BCUT2D eigenvalue weighted by Crippen LogP contribution is 2.21. The Morgan fingerprint density at radius 2 is 1.44 bits per heavy atom. The highest BCUT2D eigenvalue weighted by Gasteiger charge is 2.39. The van der Waals surface area contributed by atoms with E-state index < -0.39 is 16.1 Å². The van der Waals surface area contributed by atoms with Crippen molar-refractivity contribution in [3.8, 4) is 0 Å². The van der Waals surface area contributed by atoms with Crippen LogP contribution in [0.3, 0.4) is 0 Å². The highest BCUT2D eigenvalue weighted by molar-refractivity contribution is 7.88. The normalized spacial score (nSPS) is 21.1. The van der Waals surface area contributed by atoms with Gasteiger partial charge in [0.15, 0.2) is 0 Å². The molecule has 1 aliphatic rings. The Bertz CT molecular complexity index is 915. The number of carbonyl (C=O) groups excluding carboxylic acids is 1. The summed E-state index contributed by atoms with van der Waals surface area (Å²) in [5.41, 5.74) is 1.83. The Labute approximate surface area is 169 Å². The van der Waals surface area contributed by atoms with Crippen LogP contribution in [-0.2, 0) is 27.7 Å². The van der Waals surface area contributed by atoms with Crippen LogP contribution in [0.4, 0.5) is 0 Å². The minimum Gasteiger partial charge on any atom is -0.350 e. The summed E-state index contributed by atoms with van der Waals surface area (Å²) in [6, 6.07) is 13.3. The lowest BCUT2D eigenvalue weighted by Gasteiger charge is -2.38. The average Bonchev–Trinajstić information content (AvgIpc) is 2.60. The Balaban J connectivity index is 1.78. The van der Waals surface area contributed by atoms with Crippen LogP contribution >= 0.6 is 23.2 Å². The number of hydrogen-bond donors (Lipinski definition) is 1. The van der Waals surface area contributed by atoms with E-state index in [-0.39, 0.29) is 18.5 Å². The van der Waals surface area contributed by atoms with Crippen LogP contribution < -0.4 is 5.32 Å². The molecule has 2 aromatic carbocycles. The lowest BCUT2D eigenvalue weighted by molar-refractivity contribution is -0.128. The van der Waals surface area contributed by atoms with Gasteiger partial charge in [0.25, 0.3) is 0 Å². The van der Waals surface area contributed by atoms with Crippen molar-refractivity contribution in [2.75, 3.05) is 12.8 Å². The van der Waals surface area contributed by atoms with Crippen molar-refractivity contribution in [3.05, 3.63) is 69.7 Å². The molecule has 0 saturated carbocycles. The molecule has 0 spiro atoms. The fourth-order valence-corrected chi connectivity index (χ4v) is 4.58. The highest BCUT2D eigenvalue weighted by atomic mass is 35.5. The summed E-state index contributed by atoms with van der Waals surface area (Å²) in [4.78, 5) is 12.7. The smallest absolute Gasteiger partial charge is 0.239 e. The zero-order valence-electron chi connectivity index (χ0n) is 14.7. The quantitative estimate of drug-likeness (QED) is 0.798. The number of amides is 1. The number of nitrogens with one attached hydrogen (secondary N) is 1. The number of carbonyl (C=O) groups is 1. The van der Waals surface area contributed by atoms with E-state index in [9.17, 15) is 13.2 Å². The maximum atomic E-state index is 12.7. The first-order chi connectivity index (χ1) is 12.7. The predicted octanol–water partition coefficient (Wildman–Crippen LogP) is 2.91. The van der Waals surface area contributed by atoms with Gasteiger partial charge in [0.05, 0.1) is 6.26 Å². The van der Waals surface area contributed by atoms with Gasteiger partial charge in [-0.1, -0.05) is 47.5 Å². The molecule has 2 atom stereocenters. The van der Waals surface area contributed by atoms with Gasteiger partial charge < -0.3 is 5.32 Å². The van der Waals surface area contributed by atoms with E-state index in [4.69, 9.17) is 23.2 Å². The van der Waals surface area contributed by atoms with Gasteiger partial charge in [0.1, 0.15) is 6.04 Å². The fraction of sp³-hybridized carbons (Fsp3) is 0.316. The molecule has 1 amide bonds. The first kappa shape index (κ1) is 20.1. The van der Waals surface area contributed by atoms with Crippen molar-refractivity contribution < 1.29 is 13.2 Å². The first-order valence-electron chi connectivity index (χ1n) is 8.48. The van der Waals surface area contributed by atoms with E-state index >= 15 is 0 Å². The molecule has 0 aromatic heterocycles. The lowest BCUT2D eigenvalue weighted by Crippen LogP contribution is -2.62. The summed E-state index contributed by atoms with van der Waals surface area (Å²) in [7, 11) is -3.54. The van der Waals surface area contributed by atoms with E-state index in [1.807, 2.05) is 12.1 Å². The summed E-state index contributed by atoms with van der Waals surface area (Å²) < 4.78 is 26.0. The van der Waals surface area contributed by atoms with Crippen LogP contribution in [0.5, 0.6) is 0 Å². The van der Waals surface area contributed by atoms with Crippen LogP contribution in [0, 0.1) is 0 Å². The number of halogens is 2. The third-order valence-electron chi connectivity index (χ3n) is 4.56. The van der Waals surface area contributed by atoms with E-state index in [2.05, 4.69) is 5.32 Å². The van der Waals surface area contributed by atoms with Gasteiger partial charge in [0, 0.05) is 22.6 Å². The molecule has 0 bridgehead atoms. The number of nitrogens with zero attached hydrogens (tertiary/aromatic N) is 1. The maximum Gasteiger partial charge on any atom is 0.239 e. The number of benzene rings is 2. The van der Waals surface area contributed by atoms with Crippen molar-refractivity contribution in [1.82, 2.24) is 9.62 Å². The summed E-state index contributed by atoms with van der Waals surface area (Å²) >= 11 is 11.8. The molecule has 1 fully saturated rings. The van der Waals surface area contributed by atoms with Crippen molar-refractivity contribution >= 4 is 39.1 Å². The molecule has 3 rings (SSSR count). The fourth-order valence-electron chi connectivity index (χ4n) is 3.24. The first-order valence-corrected chi connectivity index (χ1v) is 11.1. The summed E-state index contributed by atoms with van der Waals surface area (Å²) in [6.45, 7) is 0.228. The minimum absolute atomic E-state index is 0.228. The van der Waals surface area contributed by atoms with Gasteiger partial charge in [-0.15, -0.1) is 0 Å². The molecule has 144 valence electrons. The van der Waals surface area contributed by atoms with Gasteiger partial charge in [-0.05, 0) is 48.2 Å². The Hall–Kier alpha value is -1.60. The Morgan fingerprint density at radius 1 is 0.963 bits per heavy atom. The predicted molar refractivity (Wildman–Crippen MR) is 108 cm³/mol. The van der Waals surface area contributed by atoms with E-state index in [0.29, 0.717) is 22.9 Å². The van der Waals surface area contributed by atoms with Crippen LogP contribution in [0.1, 0.15) is 11.1 Å². The van der Waals surface area contributed by atoms with E-state index in [0.717, 1.165) is 17.4 Å². The molecule has 2 aromatic rings. The molecule has 8 heteroatoms. The molecule has 5 nitrogen and oxygen atoms in total. The third-order valence-corrected chi connectivity index (χ3v) is 6.32. The van der Waals surface area contributed by atoms with Crippen molar-refractivity contribution in [1.29, 1.82) is 0 Å². The second-order valence-corrected chi connectivity index (χ2v) is 9.52. The molecule has 0 radical (unpaired) electrons. The van der Waals surface area contributed by atoms with Gasteiger partial charge in [0.2, 0.25) is 15.9 Å². The molecular formula is C19H20Cl2N2O3S. The second kappa shape index (κ2) is 8.19. The van der Waals surface area contributed by atoms with Crippen LogP contribution in [0.2, 0.25) is 10.0 Å². The van der Waals surface area contributed by atoms with Crippen molar-refractivity contribution in [2.24, 2.45) is 0 Å². The van der Waals surface area contributed by atoms with Crippen molar-refractivity contribution in [2.45, 2.75) is 24.9 Å². The van der Waals surface area contributed by atoms with Gasteiger partial charge in [-0.25, -0.2) is 8.42 Å². The zero-order chi connectivity index (χ0) is 19.6. The molecule has 1 saturated heterocycles. The number of rotatable bonds is 5. The molecule has 1 heterocycles. The number of sulfonamides is 1. The Morgan fingerprint density at radius 3 is 1.93 bits per heavy atom. The Kier molecular flexibility index (Phi) is 6.11. The van der Waals surface area contributed by atoms with Crippen LogP contribution in [0.25, 0.3) is 0 Å². The molecule has 27 heavy (non-hydrogen) atoms. The molecule has 1 aliphatic heterocycles. The number of piperazine rings is 1. The van der Waals surface area contributed by atoms with E-state index in [1.54, 1.807) is 36.4 Å².